The van der Waals surface area contributed by atoms with Gasteiger partial charge >= 0.3 is 0 Å². The molecule has 1 aliphatic carbocycles. The predicted molar refractivity (Wildman–Crippen MR) is 83.6 cm³/mol. The molecule has 3 aromatic heterocycles. The van der Waals surface area contributed by atoms with E-state index in [1.165, 1.54) is 11.3 Å². The Hall–Kier alpha value is -1.92. The van der Waals surface area contributed by atoms with Gasteiger partial charge in [-0.2, -0.15) is 0 Å². The van der Waals surface area contributed by atoms with Crippen molar-refractivity contribution in [3.8, 4) is 10.6 Å². The van der Waals surface area contributed by atoms with E-state index in [9.17, 15) is 4.79 Å². The Balaban J connectivity index is 1.42. The highest BCUT2D eigenvalue weighted by atomic mass is 32.1. The molecular weight excluding hydrogens is 304 g/mol. The first-order valence-corrected chi connectivity index (χ1v) is 8.41. The second-order valence-electron chi connectivity index (χ2n) is 4.97. The average molecular weight is 316 g/mol. The van der Waals surface area contributed by atoms with Crippen LogP contribution in [0.25, 0.3) is 10.6 Å². The van der Waals surface area contributed by atoms with E-state index in [0.29, 0.717) is 5.13 Å². The van der Waals surface area contributed by atoms with E-state index in [-0.39, 0.29) is 17.7 Å². The van der Waals surface area contributed by atoms with Gasteiger partial charge in [-0.15, -0.1) is 22.7 Å². The number of nitrogens with one attached hydrogen (secondary N) is 1. The van der Waals surface area contributed by atoms with Crippen LogP contribution in [0.3, 0.4) is 0 Å². The van der Waals surface area contributed by atoms with Crippen LogP contribution in [0.5, 0.6) is 0 Å². The molecule has 0 radical (unpaired) electrons. The van der Waals surface area contributed by atoms with Gasteiger partial charge in [0.2, 0.25) is 5.91 Å². The minimum Gasteiger partial charge on any atom is -0.469 e. The lowest BCUT2D eigenvalue weighted by atomic mass is 10.2. The Bertz CT molecular complexity index is 747. The van der Waals surface area contributed by atoms with Crippen LogP contribution in [0.4, 0.5) is 5.13 Å². The number of furan rings is 1. The van der Waals surface area contributed by atoms with E-state index in [2.05, 4.69) is 10.3 Å². The quantitative estimate of drug-likeness (QED) is 0.784. The molecule has 2 atom stereocenters. The van der Waals surface area contributed by atoms with Gasteiger partial charge in [-0.1, -0.05) is 6.07 Å². The number of nitrogens with zero attached hydrogens (tertiary/aromatic N) is 1. The molecule has 0 bridgehead atoms. The van der Waals surface area contributed by atoms with E-state index >= 15 is 0 Å². The fourth-order valence-electron chi connectivity index (χ4n) is 2.37. The summed E-state index contributed by atoms with van der Waals surface area (Å²) in [6.45, 7) is 0. The van der Waals surface area contributed by atoms with Gasteiger partial charge in [-0.05, 0) is 30.0 Å². The Morgan fingerprint density at radius 2 is 2.29 bits per heavy atom. The number of aromatic nitrogens is 1. The topological polar surface area (TPSA) is 55.1 Å². The molecule has 21 heavy (non-hydrogen) atoms. The lowest BCUT2D eigenvalue weighted by Gasteiger charge is -1.99. The van der Waals surface area contributed by atoms with Crippen molar-refractivity contribution >= 4 is 33.7 Å². The fraction of sp³-hybridized carbons (Fsp3) is 0.200. The lowest BCUT2D eigenvalue weighted by molar-refractivity contribution is -0.117. The summed E-state index contributed by atoms with van der Waals surface area (Å²) in [5.74, 6) is 1.15. The van der Waals surface area contributed by atoms with Crippen molar-refractivity contribution in [1.29, 1.82) is 0 Å². The third-order valence-electron chi connectivity index (χ3n) is 3.54. The summed E-state index contributed by atoms with van der Waals surface area (Å²) in [5.41, 5.74) is 0.920. The van der Waals surface area contributed by atoms with Gasteiger partial charge < -0.3 is 9.73 Å². The maximum Gasteiger partial charge on any atom is 0.230 e. The summed E-state index contributed by atoms with van der Waals surface area (Å²) in [7, 11) is 0. The van der Waals surface area contributed by atoms with E-state index in [1.54, 1.807) is 17.6 Å². The number of amides is 1. The highest BCUT2D eigenvalue weighted by Crippen LogP contribution is 2.48. The van der Waals surface area contributed by atoms with E-state index < -0.39 is 0 Å². The summed E-state index contributed by atoms with van der Waals surface area (Å²) in [6.07, 6.45) is 2.50. The molecule has 106 valence electrons. The number of hydrogen-bond donors (Lipinski definition) is 1. The zero-order chi connectivity index (χ0) is 14.2. The Labute approximate surface area is 129 Å². The van der Waals surface area contributed by atoms with Crippen molar-refractivity contribution in [3.63, 3.8) is 0 Å². The lowest BCUT2D eigenvalue weighted by Crippen LogP contribution is -2.14. The van der Waals surface area contributed by atoms with Crippen molar-refractivity contribution in [2.75, 3.05) is 5.32 Å². The zero-order valence-corrected chi connectivity index (χ0v) is 12.6. The van der Waals surface area contributed by atoms with Crippen molar-refractivity contribution in [3.05, 3.63) is 47.0 Å². The number of anilines is 1. The van der Waals surface area contributed by atoms with Crippen molar-refractivity contribution in [2.45, 2.75) is 12.3 Å². The SMILES string of the molecule is O=C(Nc1nc(-c2cccs2)cs1)[C@H]1C[C@@H]1c1ccco1. The second kappa shape index (κ2) is 5.13. The van der Waals surface area contributed by atoms with Crippen molar-refractivity contribution < 1.29 is 9.21 Å². The molecule has 1 saturated carbocycles. The van der Waals surface area contributed by atoms with Gasteiger partial charge in [0.25, 0.3) is 0 Å². The van der Waals surface area contributed by atoms with E-state index in [0.717, 1.165) is 22.8 Å². The minimum absolute atomic E-state index is 0.00485. The summed E-state index contributed by atoms with van der Waals surface area (Å²) in [4.78, 5) is 17.8. The third-order valence-corrected chi connectivity index (χ3v) is 5.19. The molecule has 0 unspecified atom stereocenters. The normalized spacial score (nSPS) is 20.4. The Morgan fingerprint density at radius 1 is 1.33 bits per heavy atom. The molecule has 4 nitrogen and oxygen atoms in total. The summed E-state index contributed by atoms with van der Waals surface area (Å²) in [6, 6.07) is 7.81. The molecular formula is C15H12N2O2S2. The molecule has 3 heterocycles. The predicted octanol–water partition coefficient (Wildman–Crippen LogP) is 4.21. The van der Waals surface area contributed by atoms with E-state index in [1.807, 2.05) is 35.0 Å². The number of thiazole rings is 1. The first-order valence-electron chi connectivity index (χ1n) is 6.65. The molecule has 3 aromatic rings. The average Bonchev–Trinajstić information content (AvgIpc) is 2.99. The first-order chi connectivity index (χ1) is 10.3. The van der Waals surface area contributed by atoms with Gasteiger partial charge in [0.05, 0.1) is 16.8 Å². The molecule has 0 aliphatic heterocycles. The summed E-state index contributed by atoms with van der Waals surface area (Å²) < 4.78 is 5.35. The van der Waals surface area contributed by atoms with Gasteiger partial charge in [-0.25, -0.2) is 4.98 Å². The highest BCUT2D eigenvalue weighted by molar-refractivity contribution is 7.16. The molecule has 0 aromatic carbocycles. The number of carbonyl (C=O) groups is 1. The highest BCUT2D eigenvalue weighted by Gasteiger charge is 2.46. The molecule has 1 N–H and O–H groups in total. The number of thiophene rings is 1. The maximum absolute atomic E-state index is 12.2. The smallest absolute Gasteiger partial charge is 0.230 e. The molecule has 6 heteroatoms. The first kappa shape index (κ1) is 12.8. The molecule has 4 rings (SSSR count). The number of rotatable bonds is 4. The molecule has 1 aliphatic rings. The third kappa shape index (κ3) is 2.52. The van der Waals surface area contributed by atoms with E-state index in [4.69, 9.17) is 4.42 Å². The number of hydrogen-bond acceptors (Lipinski definition) is 5. The van der Waals surface area contributed by atoms with Crippen LogP contribution in [-0.2, 0) is 4.79 Å². The van der Waals surface area contributed by atoms with Crippen LogP contribution >= 0.6 is 22.7 Å². The minimum atomic E-state index is 0.00485. The van der Waals surface area contributed by atoms with Crippen LogP contribution in [0.15, 0.2) is 45.7 Å². The van der Waals surface area contributed by atoms with Crippen molar-refractivity contribution in [2.24, 2.45) is 5.92 Å². The molecule has 1 fully saturated rings. The van der Waals surface area contributed by atoms with Crippen molar-refractivity contribution in [1.82, 2.24) is 4.98 Å². The van der Waals surface area contributed by atoms with Gasteiger partial charge in [-0.3, -0.25) is 4.79 Å². The second-order valence-corrected chi connectivity index (χ2v) is 6.77. The Kier molecular flexibility index (Phi) is 3.12. The molecule has 0 saturated heterocycles. The zero-order valence-electron chi connectivity index (χ0n) is 11.0. The monoisotopic (exact) mass is 316 g/mol. The van der Waals surface area contributed by atoms with Gasteiger partial charge in [0.1, 0.15) is 5.76 Å². The van der Waals surface area contributed by atoms with Gasteiger partial charge in [0, 0.05) is 17.2 Å². The van der Waals surface area contributed by atoms with Crippen LogP contribution in [0.1, 0.15) is 18.1 Å². The van der Waals surface area contributed by atoms with Crippen LogP contribution in [0, 0.1) is 5.92 Å². The maximum atomic E-state index is 12.2. The van der Waals surface area contributed by atoms with Crippen LogP contribution in [0.2, 0.25) is 0 Å². The number of carbonyl (C=O) groups excluding carboxylic acids is 1. The molecule has 0 spiro atoms. The summed E-state index contributed by atoms with van der Waals surface area (Å²) >= 11 is 3.10. The largest absolute Gasteiger partial charge is 0.469 e. The van der Waals surface area contributed by atoms with Crippen LogP contribution in [-0.4, -0.2) is 10.9 Å². The summed E-state index contributed by atoms with van der Waals surface area (Å²) in [5, 5.41) is 7.56. The fourth-order valence-corrected chi connectivity index (χ4v) is 3.84. The van der Waals surface area contributed by atoms with Gasteiger partial charge in [0.15, 0.2) is 5.13 Å². The molecule has 1 amide bonds. The standard InChI is InChI=1S/C15H12N2O2S2/c18-14(10-7-9(10)12-3-1-5-19-12)17-15-16-11(8-21-15)13-4-2-6-20-13/h1-6,8-10H,7H2,(H,16,17,18)/t9-,10-/m0/s1. The van der Waals surface area contributed by atoms with Crippen LogP contribution < -0.4 is 5.32 Å². The Morgan fingerprint density at radius 3 is 3.05 bits per heavy atom.